The van der Waals surface area contributed by atoms with Crippen LogP contribution in [0.15, 0.2) is 28.8 Å². The molecule has 7 heteroatoms. The van der Waals surface area contributed by atoms with Crippen molar-refractivity contribution in [2.24, 2.45) is 0 Å². The number of nitrogens with one attached hydrogen (secondary N) is 1. The third kappa shape index (κ3) is 4.58. The van der Waals surface area contributed by atoms with Crippen molar-refractivity contribution in [3.8, 4) is 6.07 Å². The maximum absolute atomic E-state index is 12.2. The number of aryl methyl sites for hydroxylation is 2. The Morgan fingerprint density at radius 3 is 2.72 bits per heavy atom. The van der Waals surface area contributed by atoms with Crippen LogP contribution in [0.2, 0.25) is 0 Å². The van der Waals surface area contributed by atoms with E-state index in [0.29, 0.717) is 28.5 Å². The third-order valence-electron chi connectivity index (χ3n) is 3.90. The molecule has 0 aliphatic heterocycles. The van der Waals surface area contributed by atoms with Gasteiger partial charge in [0.2, 0.25) is 5.91 Å². The molecule has 2 aromatic heterocycles. The zero-order valence-electron chi connectivity index (χ0n) is 14.8. The van der Waals surface area contributed by atoms with Gasteiger partial charge in [-0.25, -0.2) is 4.98 Å². The fourth-order valence-corrected chi connectivity index (χ4v) is 2.56. The van der Waals surface area contributed by atoms with E-state index in [1.54, 1.807) is 44.0 Å². The van der Waals surface area contributed by atoms with E-state index >= 15 is 0 Å². The number of likely N-dealkylation sites (N-methyl/N-ethyl adjacent to an activating group) is 1. The highest BCUT2D eigenvalue weighted by molar-refractivity contribution is 5.81. The monoisotopic (exact) mass is 342 g/mol. The quantitative estimate of drug-likeness (QED) is 0.827. The van der Waals surface area contributed by atoms with Crippen LogP contribution in [0.1, 0.15) is 29.6 Å². The van der Waals surface area contributed by atoms with Crippen molar-refractivity contribution >= 4 is 11.7 Å². The first kappa shape index (κ1) is 18.5. The number of pyridine rings is 1. The Balaban J connectivity index is 1.93. The Bertz CT molecular complexity index is 788. The van der Waals surface area contributed by atoms with E-state index in [9.17, 15) is 9.90 Å². The van der Waals surface area contributed by atoms with E-state index in [1.165, 1.54) is 6.20 Å². The van der Waals surface area contributed by atoms with Gasteiger partial charge in [0, 0.05) is 18.8 Å². The lowest BCUT2D eigenvalue weighted by Crippen LogP contribution is -2.42. The lowest BCUT2D eigenvalue weighted by Gasteiger charge is -2.24. The molecule has 1 unspecified atom stereocenters. The van der Waals surface area contributed by atoms with Crippen molar-refractivity contribution in [3.05, 3.63) is 47.0 Å². The second kappa shape index (κ2) is 7.36. The van der Waals surface area contributed by atoms with E-state index in [2.05, 4.69) is 10.3 Å². The SMILES string of the molecule is Cc1cc(C(C)(O)CNC(=O)CN(C)c2ccc(C#N)cn2)c(C)o1. The number of rotatable bonds is 6. The number of nitrogens with zero attached hydrogens (tertiary/aromatic N) is 3. The van der Waals surface area contributed by atoms with Crippen molar-refractivity contribution in [2.75, 3.05) is 25.0 Å². The van der Waals surface area contributed by atoms with Crippen LogP contribution in [0.25, 0.3) is 0 Å². The summed E-state index contributed by atoms with van der Waals surface area (Å²) in [6.45, 7) is 5.38. The van der Waals surface area contributed by atoms with Gasteiger partial charge >= 0.3 is 0 Å². The van der Waals surface area contributed by atoms with Crippen molar-refractivity contribution in [3.63, 3.8) is 0 Å². The number of carbonyl (C=O) groups is 1. The summed E-state index contributed by atoms with van der Waals surface area (Å²) in [7, 11) is 1.73. The Morgan fingerprint density at radius 1 is 1.48 bits per heavy atom. The van der Waals surface area contributed by atoms with Crippen LogP contribution in [0.5, 0.6) is 0 Å². The van der Waals surface area contributed by atoms with Crippen molar-refractivity contribution in [1.82, 2.24) is 10.3 Å². The van der Waals surface area contributed by atoms with Gasteiger partial charge in [-0.2, -0.15) is 5.26 Å². The number of aromatic nitrogens is 1. The topological polar surface area (TPSA) is 102 Å². The second-order valence-electron chi connectivity index (χ2n) is 6.25. The minimum Gasteiger partial charge on any atom is -0.466 e. The lowest BCUT2D eigenvalue weighted by atomic mass is 9.96. The summed E-state index contributed by atoms with van der Waals surface area (Å²) in [5.74, 6) is 1.69. The Morgan fingerprint density at radius 2 is 2.20 bits per heavy atom. The van der Waals surface area contributed by atoms with Gasteiger partial charge < -0.3 is 19.7 Å². The molecule has 7 nitrogen and oxygen atoms in total. The van der Waals surface area contributed by atoms with Crippen molar-refractivity contribution in [1.29, 1.82) is 5.26 Å². The Hall–Kier alpha value is -2.85. The first-order valence-electron chi connectivity index (χ1n) is 7.87. The molecule has 0 fully saturated rings. The van der Waals surface area contributed by atoms with Gasteiger partial charge in [0.05, 0.1) is 18.7 Å². The van der Waals surface area contributed by atoms with E-state index in [0.717, 1.165) is 0 Å². The standard InChI is InChI=1S/C18H22N4O3/c1-12-7-15(13(2)25-12)18(3,24)11-21-17(23)10-22(4)16-6-5-14(8-19)9-20-16/h5-7,9,24H,10-11H2,1-4H3,(H,21,23). The number of hydrogen-bond donors (Lipinski definition) is 2. The van der Waals surface area contributed by atoms with Crippen LogP contribution >= 0.6 is 0 Å². The minimum atomic E-state index is -1.22. The van der Waals surface area contributed by atoms with Crippen LogP contribution in [-0.4, -0.2) is 36.1 Å². The van der Waals surface area contributed by atoms with Crippen LogP contribution in [0.4, 0.5) is 5.82 Å². The zero-order valence-corrected chi connectivity index (χ0v) is 14.8. The molecule has 0 saturated carbocycles. The molecule has 0 aromatic carbocycles. The van der Waals surface area contributed by atoms with E-state index in [1.807, 2.05) is 13.0 Å². The van der Waals surface area contributed by atoms with Gasteiger partial charge in [0.15, 0.2) is 0 Å². The van der Waals surface area contributed by atoms with Gasteiger partial charge in [-0.05, 0) is 39.0 Å². The van der Waals surface area contributed by atoms with Gasteiger partial charge in [-0.15, -0.1) is 0 Å². The molecule has 1 amide bonds. The highest BCUT2D eigenvalue weighted by Crippen LogP contribution is 2.26. The molecule has 132 valence electrons. The molecule has 2 aromatic rings. The number of furan rings is 1. The highest BCUT2D eigenvalue weighted by Gasteiger charge is 2.28. The molecule has 0 spiro atoms. The maximum Gasteiger partial charge on any atom is 0.239 e. The normalized spacial score (nSPS) is 13.0. The van der Waals surface area contributed by atoms with E-state index < -0.39 is 5.60 Å². The summed E-state index contributed by atoms with van der Waals surface area (Å²) in [6, 6.07) is 7.09. The molecule has 0 bridgehead atoms. The molecule has 25 heavy (non-hydrogen) atoms. The highest BCUT2D eigenvalue weighted by atomic mass is 16.3. The maximum atomic E-state index is 12.2. The third-order valence-corrected chi connectivity index (χ3v) is 3.90. The number of hydrogen-bond acceptors (Lipinski definition) is 6. The predicted octanol–water partition coefficient (Wildman–Crippen LogP) is 1.62. The first-order chi connectivity index (χ1) is 11.7. The fourth-order valence-electron chi connectivity index (χ4n) is 2.56. The van der Waals surface area contributed by atoms with Gasteiger partial charge in [0.25, 0.3) is 0 Å². The molecule has 2 N–H and O–H groups in total. The average Bonchev–Trinajstić information content (AvgIpc) is 2.92. The van der Waals surface area contributed by atoms with Crippen molar-refractivity contribution < 1.29 is 14.3 Å². The number of carbonyl (C=O) groups excluding carboxylic acids is 1. The number of nitriles is 1. The average molecular weight is 342 g/mol. The number of aliphatic hydroxyl groups is 1. The summed E-state index contributed by atoms with van der Waals surface area (Å²) < 4.78 is 5.44. The van der Waals surface area contributed by atoms with E-state index in [-0.39, 0.29) is 19.0 Å². The fraction of sp³-hybridized carbons (Fsp3) is 0.389. The van der Waals surface area contributed by atoms with E-state index in [4.69, 9.17) is 9.68 Å². The summed E-state index contributed by atoms with van der Waals surface area (Å²) in [5.41, 5.74) is -0.0983. The minimum absolute atomic E-state index is 0.0697. The van der Waals surface area contributed by atoms with Crippen LogP contribution in [0.3, 0.4) is 0 Å². The summed E-state index contributed by atoms with van der Waals surface area (Å²) in [4.78, 5) is 18.0. The van der Waals surface area contributed by atoms with Crippen LogP contribution in [0, 0.1) is 25.2 Å². The molecular formula is C18H22N4O3. The molecular weight excluding hydrogens is 320 g/mol. The smallest absolute Gasteiger partial charge is 0.239 e. The molecule has 0 saturated heterocycles. The van der Waals surface area contributed by atoms with Gasteiger partial charge in [0.1, 0.15) is 29.0 Å². The van der Waals surface area contributed by atoms with Crippen molar-refractivity contribution in [2.45, 2.75) is 26.4 Å². The first-order valence-corrected chi connectivity index (χ1v) is 7.87. The second-order valence-corrected chi connectivity index (χ2v) is 6.25. The summed E-state index contributed by atoms with van der Waals surface area (Å²) in [5, 5.41) is 22.1. The predicted molar refractivity (Wildman–Crippen MR) is 93.0 cm³/mol. The van der Waals surface area contributed by atoms with Gasteiger partial charge in [-0.1, -0.05) is 0 Å². The molecule has 2 rings (SSSR count). The number of anilines is 1. The molecule has 0 radical (unpaired) electrons. The lowest BCUT2D eigenvalue weighted by molar-refractivity contribution is -0.120. The summed E-state index contributed by atoms with van der Waals surface area (Å²) >= 11 is 0. The molecule has 0 aliphatic rings. The summed E-state index contributed by atoms with van der Waals surface area (Å²) in [6.07, 6.45) is 1.46. The molecule has 2 heterocycles. The molecule has 1 atom stereocenters. The Labute approximate surface area is 146 Å². The number of amides is 1. The Kier molecular flexibility index (Phi) is 5.45. The van der Waals surface area contributed by atoms with Crippen LogP contribution in [-0.2, 0) is 10.4 Å². The largest absolute Gasteiger partial charge is 0.466 e. The zero-order chi connectivity index (χ0) is 18.6. The molecule has 0 aliphatic carbocycles. The van der Waals surface area contributed by atoms with Crippen LogP contribution < -0.4 is 10.2 Å². The van der Waals surface area contributed by atoms with Gasteiger partial charge in [-0.3, -0.25) is 4.79 Å².